The van der Waals surface area contributed by atoms with Crippen molar-refractivity contribution in [3.05, 3.63) is 47.8 Å². The molecular formula is C18H24N4O3S. The van der Waals surface area contributed by atoms with Crippen molar-refractivity contribution in [1.82, 2.24) is 19.0 Å². The summed E-state index contributed by atoms with van der Waals surface area (Å²) in [5.74, 6) is 0.224. The fourth-order valence-electron chi connectivity index (χ4n) is 3.25. The molecule has 0 N–H and O–H groups in total. The van der Waals surface area contributed by atoms with E-state index in [1.54, 1.807) is 16.8 Å². The number of carbonyl (C=O) groups excluding carboxylic acids is 1. The highest BCUT2D eigenvalue weighted by Gasteiger charge is 2.26. The predicted molar refractivity (Wildman–Crippen MR) is 98.4 cm³/mol. The van der Waals surface area contributed by atoms with Crippen LogP contribution in [0.15, 0.2) is 41.6 Å². The Morgan fingerprint density at radius 1 is 1.23 bits per heavy atom. The summed E-state index contributed by atoms with van der Waals surface area (Å²) in [4.78, 5) is 14.9. The third-order valence-corrected chi connectivity index (χ3v) is 6.61. The second-order valence-corrected chi connectivity index (χ2v) is 9.00. The van der Waals surface area contributed by atoms with Gasteiger partial charge in [-0.05, 0) is 42.7 Å². The van der Waals surface area contributed by atoms with E-state index >= 15 is 0 Å². The monoisotopic (exact) mass is 376 g/mol. The van der Waals surface area contributed by atoms with E-state index in [4.69, 9.17) is 0 Å². The molecule has 1 aliphatic rings. The van der Waals surface area contributed by atoms with Gasteiger partial charge in [0.1, 0.15) is 0 Å². The molecule has 1 fully saturated rings. The Morgan fingerprint density at radius 3 is 2.50 bits per heavy atom. The minimum Gasteiger partial charge on any atom is -0.338 e. The first-order valence-electron chi connectivity index (χ1n) is 8.59. The summed E-state index contributed by atoms with van der Waals surface area (Å²) in [6.07, 6.45) is 5.84. The third-order valence-electron chi connectivity index (χ3n) is 4.78. The van der Waals surface area contributed by atoms with E-state index in [1.807, 2.05) is 24.3 Å². The first kappa shape index (κ1) is 18.6. The Labute approximate surface area is 154 Å². The fraction of sp³-hybridized carbons (Fsp3) is 0.444. The molecule has 0 saturated carbocycles. The maximum atomic E-state index is 12.8. The summed E-state index contributed by atoms with van der Waals surface area (Å²) in [5.41, 5.74) is 1.66. The van der Waals surface area contributed by atoms with Gasteiger partial charge in [-0.15, -0.1) is 0 Å². The maximum absolute atomic E-state index is 12.8. The summed E-state index contributed by atoms with van der Waals surface area (Å²) in [7, 11) is 1.37. The van der Waals surface area contributed by atoms with Gasteiger partial charge >= 0.3 is 0 Å². The molecule has 0 spiro atoms. The van der Waals surface area contributed by atoms with Crippen LogP contribution in [0.3, 0.4) is 0 Å². The number of hydrogen-bond acceptors (Lipinski definition) is 4. The van der Waals surface area contributed by atoms with Crippen molar-refractivity contribution in [2.45, 2.75) is 23.7 Å². The van der Waals surface area contributed by atoms with Crippen LogP contribution in [0.5, 0.6) is 0 Å². The van der Waals surface area contributed by atoms with Gasteiger partial charge in [-0.1, -0.05) is 0 Å². The zero-order valence-electron chi connectivity index (χ0n) is 15.3. The molecule has 1 aromatic heterocycles. The number of amides is 1. The number of carbonyl (C=O) groups is 1. The third kappa shape index (κ3) is 3.66. The Kier molecular flexibility index (Phi) is 5.15. The summed E-state index contributed by atoms with van der Waals surface area (Å²) in [6.45, 7) is 1.37. The molecule has 1 saturated heterocycles. The van der Waals surface area contributed by atoms with Crippen LogP contribution >= 0.6 is 0 Å². The topological polar surface area (TPSA) is 75.5 Å². The molecular weight excluding hydrogens is 352 g/mol. The largest absolute Gasteiger partial charge is 0.338 e. The molecule has 0 radical (unpaired) electrons. The number of piperidine rings is 1. The molecule has 1 amide bonds. The molecule has 2 heterocycles. The molecule has 8 heteroatoms. The summed E-state index contributed by atoms with van der Waals surface area (Å²) in [5, 5.41) is 4.22. The van der Waals surface area contributed by atoms with E-state index in [0.717, 1.165) is 22.7 Å². The lowest BCUT2D eigenvalue weighted by molar-refractivity contribution is 0.0707. The van der Waals surface area contributed by atoms with E-state index < -0.39 is 10.0 Å². The second-order valence-electron chi connectivity index (χ2n) is 6.85. The smallest absolute Gasteiger partial charge is 0.253 e. The van der Waals surface area contributed by atoms with Crippen LogP contribution in [0.4, 0.5) is 0 Å². The van der Waals surface area contributed by atoms with Gasteiger partial charge in [0.25, 0.3) is 5.91 Å². The molecule has 1 aliphatic heterocycles. The van der Waals surface area contributed by atoms with Crippen molar-refractivity contribution in [2.24, 2.45) is 7.05 Å². The quantitative estimate of drug-likeness (QED) is 0.814. The molecule has 7 nitrogen and oxygen atoms in total. The number of rotatable bonds is 4. The van der Waals surface area contributed by atoms with Gasteiger partial charge in [0.15, 0.2) is 0 Å². The molecule has 1 atom stereocenters. The Hall–Kier alpha value is -2.19. The van der Waals surface area contributed by atoms with Gasteiger partial charge in [-0.2, -0.15) is 5.10 Å². The molecule has 1 unspecified atom stereocenters. The van der Waals surface area contributed by atoms with Gasteiger partial charge < -0.3 is 4.90 Å². The van der Waals surface area contributed by atoms with E-state index in [0.29, 0.717) is 18.7 Å². The summed E-state index contributed by atoms with van der Waals surface area (Å²) in [6, 6.07) is 6.16. The van der Waals surface area contributed by atoms with Crippen LogP contribution in [-0.4, -0.2) is 60.5 Å². The van der Waals surface area contributed by atoms with Crippen LogP contribution in [0.1, 0.15) is 34.7 Å². The molecule has 140 valence electrons. The SMILES string of the molecule is CN(C)S(=O)(=O)c1ccc(C(=O)N2CCCC(c3cnn(C)c3)C2)cc1. The van der Waals surface area contributed by atoms with Gasteiger partial charge in [0.05, 0.1) is 11.1 Å². The highest BCUT2D eigenvalue weighted by molar-refractivity contribution is 7.89. The minimum atomic E-state index is -3.49. The number of benzene rings is 1. The Bertz CT molecular complexity index is 887. The average Bonchev–Trinajstić information content (AvgIpc) is 3.07. The van der Waals surface area contributed by atoms with Crippen LogP contribution < -0.4 is 0 Å². The molecule has 0 aliphatic carbocycles. The average molecular weight is 376 g/mol. The molecule has 3 rings (SSSR count). The molecule has 26 heavy (non-hydrogen) atoms. The van der Waals surface area contributed by atoms with Crippen molar-refractivity contribution >= 4 is 15.9 Å². The van der Waals surface area contributed by atoms with Gasteiger partial charge in [-0.3, -0.25) is 9.48 Å². The van der Waals surface area contributed by atoms with E-state index in [9.17, 15) is 13.2 Å². The zero-order valence-corrected chi connectivity index (χ0v) is 16.1. The highest BCUT2D eigenvalue weighted by atomic mass is 32.2. The van der Waals surface area contributed by atoms with Crippen molar-refractivity contribution < 1.29 is 13.2 Å². The van der Waals surface area contributed by atoms with Crippen LogP contribution in [0.2, 0.25) is 0 Å². The number of hydrogen-bond donors (Lipinski definition) is 0. The normalized spacial score (nSPS) is 18.3. The number of sulfonamides is 1. The first-order chi connectivity index (χ1) is 12.3. The highest BCUT2D eigenvalue weighted by Crippen LogP contribution is 2.27. The predicted octanol–water partition coefficient (Wildman–Crippen LogP) is 1.69. The lowest BCUT2D eigenvalue weighted by Gasteiger charge is -2.32. The molecule has 0 bridgehead atoms. The second kappa shape index (κ2) is 7.20. The number of likely N-dealkylation sites (tertiary alicyclic amines) is 1. The minimum absolute atomic E-state index is 0.0626. The summed E-state index contributed by atoms with van der Waals surface area (Å²) >= 11 is 0. The van der Waals surface area contributed by atoms with Crippen LogP contribution in [0.25, 0.3) is 0 Å². The van der Waals surface area contributed by atoms with Crippen molar-refractivity contribution in [3.8, 4) is 0 Å². The first-order valence-corrected chi connectivity index (χ1v) is 10.0. The standard InChI is InChI=1S/C18H24N4O3S/c1-20(2)26(24,25)17-8-6-14(7-9-17)18(23)22-10-4-5-15(13-22)16-11-19-21(3)12-16/h6-9,11-12,15H,4-5,10,13H2,1-3H3. The number of nitrogens with zero attached hydrogens (tertiary/aromatic N) is 4. The van der Waals surface area contributed by atoms with Crippen LogP contribution in [0, 0.1) is 0 Å². The van der Waals surface area contributed by atoms with Crippen LogP contribution in [-0.2, 0) is 17.1 Å². The molecule has 1 aromatic carbocycles. The van der Waals surface area contributed by atoms with Gasteiger partial charge in [0.2, 0.25) is 10.0 Å². The zero-order chi connectivity index (χ0) is 18.9. The number of aromatic nitrogens is 2. The van der Waals surface area contributed by atoms with E-state index in [-0.39, 0.29) is 16.7 Å². The maximum Gasteiger partial charge on any atom is 0.253 e. The van der Waals surface area contributed by atoms with Crippen molar-refractivity contribution in [2.75, 3.05) is 27.2 Å². The lowest BCUT2D eigenvalue weighted by Crippen LogP contribution is -2.39. The van der Waals surface area contributed by atoms with E-state index in [2.05, 4.69) is 5.10 Å². The van der Waals surface area contributed by atoms with E-state index in [1.165, 1.54) is 26.2 Å². The number of aryl methyl sites for hydroxylation is 1. The Balaban J connectivity index is 1.74. The summed E-state index contributed by atoms with van der Waals surface area (Å²) < 4.78 is 27.2. The molecule has 2 aromatic rings. The van der Waals surface area contributed by atoms with Gasteiger partial charge in [-0.25, -0.2) is 12.7 Å². The van der Waals surface area contributed by atoms with Crippen molar-refractivity contribution in [1.29, 1.82) is 0 Å². The fourth-order valence-corrected chi connectivity index (χ4v) is 4.15. The van der Waals surface area contributed by atoms with Gasteiger partial charge in [0, 0.05) is 51.9 Å². The van der Waals surface area contributed by atoms with Crippen molar-refractivity contribution in [3.63, 3.8) is 0 Å². The Morgan fingerprint density at radius 2 is 1.92 bits per heavy atom. The lowest BCUT2D eigenvalue weighted by atomic mass is 9.92.